The quantitative estimate of drug-likeness (QED) is 0.186. The van der Waals surface area contributed by atoms with Crippen LogP contribution in [0, 0.1) is 0 Å². The van der Waals surface area contributed by atoms with Crippen LogP contribution < -0.4 is 0 Å². The van der Waals surface area contributed by atoms with E-state index in [-0.39, 0.29) is 11.1 Å². The van der Waals surface area contributed by atoms with E-state index >= 15 is 0 Å². The highest BCUT2D eigenvalue weighted by atomic mass is 32.2. The van der Waals surface area contributed by atoms with Crippen LogP contribution >= 0.6 is 11.8 Å². The number of halogens is 12. The lowest BCUT2D eigenvalue weighted by Crippen LogP contribution is -2.71. The van der Waals surface area contributed by atoms with Crippen LogP contribution in [0.5, 0.6) is 0 Å². The molecular formula is C20H22F12O3S2. The van der Waals surface area contributed by atoms with E-state index in [9.17, 15) is 61.1 Å². The molecule has 0 saturated heterocycles. The highest BCUT2D eigenvalue weighted by Gasteiger charge is 2.92. The topological polar surface area (TPSA) is 54.4 Å². The van der Waals surface area contributed by atoms with Crippen LogP contribution in [0.2, 0.25) is 0 Å². The second kappa shape index (κ2) is 9.10. The molecule has 17 heteroatoms. The molecule has 1 rings (SSSR count). The van der Waals surface area contributed by atoms with E-state index in [1.54, 1.807) is 20.8 Å². The van der Waals surface area contributed by atoms with Gasteiger partial charge in [-0.1, -0.05) is 53.7 Å². The zero-order chi connectivity index (χ0) is 30.1. The minimum atomic E-state index is -8.12. The van der Waals surface area contributed by atoms with Crippen LogP contribution in [-0.4, -0.2) is 47.2 Å². The Hall–Kier alpha value is -1.36. The van der Waals surface area contributed by atoms with Crippen LogP contribution in [0.3, 0.4) is 0 Å². The molecule has 0 unspecified atom stereocenters. The average molecular weight is 603 g/mol. The summed E-state index contributed by atoms with van der Waals surface area (Å²) >= 11 is -1.39. The van der Waals surface area contributed by atoms with Gasteiger partial charge in [0, 0.05) is 4.90 Å². The van der Waals surface area contributed by atoms with Gasteiger partial charge in [-0.15, -0.1) is 0 Å². The van der Waals surface area contributed by atoms with Gasteiger partial charge in [-0.3, -0.25) is 4.55 Å². The fourth-order valence-electron chi connectivity index (χ4n) is 2.82. The van der Waals surface area contributed by atoms with E-state index < -0.39 is 71.8 Å². The maximum atomic E-state index is 14.6. The van der Waals surface area contributed by atoms with Crippen molar-refractivity contribution in [2.45, 2.75) is 91.5 Å². The van der Waals surface area contributed by atoms with Crippen LogP contribution in [0.4, 0.5) is 52.7 Å². The van der Waals surface area contributed by atoms with Gasteiger partial charge in [-0.05, 0) is 39.8 Å². The van der Waals surface area contributed by atoms with E-state index in [0.29, 0.717) is 0 Å². The summed E-state index contributed by atoms with van der Waals surface area (Å²) < 4.78 is 197. The molecule has 0 radical (unpaired) electrons. The van der Waals surface area contributed by atoms with Crippen molar-refractivity contribution in [3.05, 3.63) is 29.3 Å². The molecule has 0 aromatic heterocycles. The summed E-state index contributed by atoms with van der Waals surface area (Å²) in [5, 5.41) is -13.8. The monoisotopic (exact) mass is 602 g/mol. The lowest BCUT2D eigenvalue weighted by atomic mass is 9.82. The Bertz CT molecular complexity index is 1120. The third-order valence-corrected chi connectivity index (χ3v) is 7.11. The molecule has 0 spiro atoms. The second-order valence-electron chi connectivity index (χ2n) is 10.1. The van der Waals surface area contributed by atoms with E-state index in [1.165, 1.54) is 32.9 Å². The minimum Gasteiger partial charge on any atom is -0.281 e. The summed E-state index contributed by atoms with van der Waals surface area (Å²) in [5.41, 5.74) is -1.93. The van der Waals surface area contributed by atoms with Crippen molar-refractivity contribution in [2.24, 2.45) is 0 Å². The number of alkyl halides is 12. The zero-order valence-corrected chi connectivity index (χ0v) is 21.5. The first-order valence-corrected chi connectivity index (χ1v) is 12.1. The number of benzene rings is 1. The Morgan fingerprint density at radius 3 is 1.41 bits per heavy atom. The molecule has 0 aliphatic rings. The van der Waals surface area contributed by atoms with Crippen LogP contribution in [0.15, 0.2) is 23.1 Å². The molecule has 0 aliphatic carbocycles. The van der Waals surface area contributed by atoms with Gasteiger partial charge >= 0.3 is 44.3 Å². The van der Waals surface area contributed by atoms with E-state index in [2.05, 4.69) is 0 Å². The van der Waals surface area contributed by atoms with E-state index in [1.807, 2.05) is 0 Å². The first-order valence-electron chi connectivity index (χ1n) is 9.88. The molecule has 0 atom stereocenters. The maximum absolute atomic E-state index is 14.6. The van der Waals surface area contributed by atoms with Gasteiger partial charge in [-0.2, -0.15) is 61.1 Å². The van der Waals surface area contributed by atoms with E-state index in [0.717, 1.165) is 6.07 Å². The van der Waals surface area contributed by atoms with Crippen molar-refractivity contribution in [3.63, 3.8) is 0 Å². The molecule has 1 N–H and O–H groups in total. The van der Waals surface area contributed by atoms with Crippen molar-refractivity contribution in [1.29, 1.82) is 0 Å². The Labute approximate surface area is 208 Å². The molecule has 216 valence electrons. The van der Waals surface area contributed by atoms with Crippen LogP contribution in [0.1, 0.15) is 52.7 Å². The first-order chi connectivity index (χ1) is 15.8. The maximum Gasteiger partial charge on any atom is 0.438 e. The number of thioether (sulfide) groups is 1. The molecule has 3 nitrogen and oxygen atoms in total. The normalized spacial score (nSPS) is 15.8. The van der Waals surface area contributed by atoms with Crippen molar-refractivity contribution in [2.75, 3.05) is 0 Å². The zero-order valence-electron chi connectivity index (χ0n) is 19.8. The minimum absolute atomic E-state index is 0.167. The molecule has 0 aliphatic heterocycles. The van der Waals surface area contributed by atoms with Gasteiger partial charge in [-0.25, -0.2) is 0 Å². The highest BCUT2D eigenvalue weighted by Crippen LogP contribution is 2.63. The standard InChI is InChI=1S/C20H22F12O3S2/c1-13(2,3)10-7-8-11(14(4,5)6)12(9-10)36-19(29,30)17(25,26)15(21,22)16(23,24)18(27,28)20(31,32)37(33,34)35/h7-9H,1-6H3,(H,33,34,35). The van der Waals surface area contributed by atoms with Gasteiger partial charge in [0.25, 0.3) is 0 Å². The Morgan fingerprint density at radius 2 is 1.05 bits per heavy atom. The number of hydrogen-bond donors (Lipinski definition) is 1. The summed E-state index contributed by atoms with van der Waals surface area (Å²) in [6.07, 6.45) is 0. The Morgan fingerprint density at radius 1 is 0.649 bits per heavy atom. The van der Waals surface area contributed by atoms with Gasteiger partial charge in [0.1, 0.15) is 0 Å². The fraction of sp³-hybridized carbons (Fsp3) is 0.700. The molecule has 0 bridgehead atoms. The summed E-state index contributed by atoms with van der Waals surface area (Å²) in [6.45, 7) is 8.81. The van der Waals surface area contributed by atoms with Crippen molar-refractivity contribution >= 4 is 21.9 Å². The molecule has 0 saturated carbocycles. The molecule has 1 aromatic carbocycles. The van der Waals surface area contributed by atoms with Gasteiger partial charge in [0.15, 0.2) is 0 Å². The van der Waals surface area contributed by atoms with Crippen molar-refractivity contribution in [3.8, 4) is 0 Å². The largest absolute Gasteiger partial charge is 0.438 e. The van der Waals surface area contributed by atoms with Crippen LogP contribution in [0.25, 0.3) is 0 Å². The summed E-state index contributed by atoms with van der Waals surface area (Å²) in [5.74, 6) is -31.5. The summed E-state index contributed by atoms with van der Waals surface area (Å²) in [4.78, 5) is -0.834. The predicted octanol–water partition coefficient (Wildman–Crippen LogP) is 7.99. The third kappa shape index (κ3) is 5.40. The average Bonchev–Trinajstić information content (AvgIpc) is 2.64. The van der Waals surface area contributed by atoms with Crippen LogP contribution in [-0.2, 0) is 20.9 Å². The molecule has 0 heterocycles. The lowest BCUT2D eigenvalue weighted by Gasteiger charge is -2.40. The first kappa shape index (κ1) is 33.7. The number of hydrogen-bond acceptors (Lipinski definition) is 3. The smallest absolute Gasteiger partial charge is 0.281 e. The van der Waals surface area contributed by atoms with Crippen molar-refractivity contribution < 1.29 is 65.7 Å². The molecule has 0 amide bonds. The van der Waals surface area contributed by atoms with Gasteiger partial charge in [0.05, 0.1) is 0 Å². The molecular weight excluding hydrogens is 580 g/mol. The van der Waals surface area contributed by atoms with Gasteiger partial charge in [0.2, 0.25) is 0 Å². The van der Waals surface area contributed by atoms with E-state index in [4.69, 9.17) is 4.55 Å². The molecule has 0 fully saturated rings. The third-order valence-electron chi connectivity index (χ3n) is 5.13. The Kier molecular flexibility index (Phi) is 8.28. The molecule has 1 aromatic rings. The fourth-order valence-corrected chi connectivity index (χ4v) is 4.47. The van der Waals surface area contributed by atoms with Crippen molar-refractivity contribution in [1.82, 2.24) is 0 Å². The summed E-state index contributed by atoms with van der Waals surface area (Å²) in [6, 6.07) is 3.43. The predicted molar refractivity (Wildman–Crippen MR) is 111 cm³/mol. The second-order valence-corrected chi connectivity index (χ2v) is 12.7. The summed E-state index contributed by atoms with van der Waals surface area (Å²) in [7, 11) is -7.61. The Balaban J connectivity index is 3.78. The number of rotatable bonds is 8. The van der Waals surface area contributed by atoms with Gasteiger partial charge < -0.3 is 0 Å². The molecule has 37 heavy (non-hydrogen) atoms. The lowest BCUT2D eigenvalue weighted by molar-refractivity contribution is -0.406. The SMILES string of the molecule is CC(C)(C)c1ccc(C(C)(C)C)c(SC(F)(F)C(F)(F)C(F)(F)C(F)(F)C(F)(F)C(F)(F)S(=O)(=O)O)c1. The highest BCUT2D eigenvalue weighted by molar-refractivity contribution is 8.00.